The number of carbonyl (C=O) groups is 1. The lowest BCUT2D eigenvalue weighted by atomic mass is 10.2. The summed E-state index contributed by atoms with van der Waals surface area (Å²) in [4.78, 5) is 14.6. The normalized spacial score (nSPS) is 20.5. The molecule has 23 heavy (non-hydrogen) atoms. The fourth-order valence-electron chi connectivity index (χ4n) is 3.20. The zero-order valence-electron chi connectivity index (χ0n) is 13.8. The number of hydrogen-bond donors (Lipinski definition) is 1. The van der Waals surface area contributed by atoms with Gasteiger partial charge in [-0.05, 0) is 44.0 Å². The van der Waals surface area contributed by atoms with Gasteiger partial charge in [0.2, 0.25) is 5.91 Å². The van der Waals surface area contributed by atoms with E-state index in [4.69, 9.17) is 4.74 Å². The maximum atomic E-state index is 12.3. The van der Waals surface area contributed by atoms with Crippen molar-refractivity contribution in [2.24, 2.45) is 0 Å². The summed E-state index contributed by atoms with van der Waals surface area (Å²) in [6, 6.07) is 8.15. The van der Waals surface area contributed by atoms with Gasteiger partial charge >= 0.3 is 0 Å². The molecule has 1 saturated heterocycles. The number of nitrogens with zero attached hydrogens (tertiary/aromatic N) is 1. The molecule has 1 atom stereocenters. The minimum Gasteiger partial charge on any atom is -0.378 e. The maximum absolute atomic E-state index is 12.3. The predicted molar refractivity (Wildman–Crippen MR) is 97.4 cm³/mol. The van der Waals surface area contributed by atoms with Crippen molar-refractivity contribution < 1.29 is 9.53 Å². The number of nitrogens with one attached hydrogen (secondary N) is 1. The van der Waals surface area contributed by atoms with Crippen molar-refractivity contribution in [3.05, 3.63) is 24.3 Å². The van der Waals surface area contributed by atoms with Crippen LogP contribution in [0, 0.1) is 0 Å². The average molecular weight is 334 g/mol. The quantitative estimate of drug-likeness (QED) is 0.894. The second kappa shape index (κ2) is 8.06. The van der Waals surface area contributed by atoms with Crippen molar-refractivity contribution in [1.82, 2.24) is 0 Å². The number of thioether (sulfide) groups is 1. The van der Waals surface area contributed by atoms with Gasteiger partial charge in [-0.1, -0.05) is 12.8 Å². The van der Waals surface area contributed by atoms with Crippen LogP contribution in [0.1, 0.15) is 32.6 Å². The smallest absolute Gasteiger partial charge is 0.237 e. The molecule has 1 N–H and O–H groups in total. The van der Waals surface area contributed by atoms with E-state index >= 15 is 0 Å². The second-order valence-electron chi connectivity index (χ2n) is 6.32. The van der Waals surface area contributed by atoms with Crippen LogP contribution in [0.5, 0.6) is 0 Å². The molecular weight excluding hydrogens is 308 g/mol. The largest absolute Gasteiger partial charge is 0.378 e. The third-order valence-electron chi connectivity index (χ3n) is 4.58. The number of rotatable bonds is 5. The van der Waals surface area contributed by atoms with Crippen LogP contribution in [0.15, 0.2) is 24.3 Å². The third-order valence-corrected chi connectivity index (χ3v) is 6.06. The SMILES string of the molecule is C[C@H](SC1CCCC1)C(=O)Nc1ccc(N2CCOCC2)cc1. The first-order chi connectivity index (χ1) is 11.2. The van der Waals surface area contributed by atoms with Gasteiger partial charge in [0.25, 0.3) is 0 Å². The van der Waals surface area contributed by atoms with Gasteiger partial charge in [-0.3, -0.25) is 4.79 Å². The fourth-order valence-corrected chi connectivity index (χ4v) is 4.56. The van der Waals surface area contributed by atoms with Gasteiger partial charge in [-0.25, -0.2) is 0 Å². The standard InChI is InChI=1S/C18H26N2O2S/c1-14(23-17-4-2-3-5-17)18(21)19-15-6-8-16(9-7-15)20-10-12-22-13-11-20/h6-9,14,17H,2-5,10-13H2,1H3,(H,19,21)/t14-/m0/s1. The highest BCUT2D eigenvalue weighted by Crippen LogP contribution is 2.32. The van der Waals surface area contributed by atoms with Gasteiger partial charge in [0, 0.05) is 29.7 Å². The highest BCUT2D eigenvalue weighted by Gasteiger charge is 2.22. The van der Waals surface area contributed by atoms with Gasteiger partial charge < -0.3 is 15.0 Å². The molecule has 1 aromatic rings. The highest BCUT2D eigenvalue weighted by molar-refractivity contribution is 8.01. The van der Waals surface area contributed by atoms with Crippen molar-refractivity contribution in [2.45, 2.75) is 43.1 Å². The van der Waals surface area contributed by atoms with Crippen molar-refractivity contribution >= 4 is 29.0 Å². The molecule has 2 fully saturated rings. The number of carbonyl (C=O) groups excluding carboxylic acids is 1. The summed E-state index contributed by atoms with van der Waals surface area (Å²) in [5.74, 6) is 0.112. The number of anilines is 2. The molecule has 1 aliphatic heterocycles. The van der Waals surface area contributed by atoms with E-state index in [2.05, 4.69) is 22.3 Å². The number of morpholine rings is 1. The van der Waals surface area contributed by atoms with Crippen molar-refractivity contribution in [3.8, 4) is 0 Å². The van der Waals surface area contributed by atoms with Crippen LogP contribution in [0.25, 0.3) is 0 Å². The zero-order valence-corrected chi connectivity index (χ0v) is 14.6. The molecule has 1 saturated carbocycles. The Hall–Kier alpha value is -1.20. The fraction of sp³-hybridized carbons (Fsp3) is 0.611. The highest BCUT2D eigenvalue weighted by atomic mass is 32.2. The van der Waals surface area contributed by atoms with Gasteiger partial charge in [-0.2, -0.15) is 0 Å². The summed E-state index contributed by atoms with van der Waals surface area (Å²) in [6.07, 6.45) is 5.15. The molecule has 3 rings (SSSR count). The van der Waals surface area contributed by atoms with Crippen LogP contribution in [-0.2, 0) is 9.53 Å². The Morgan fingerprint density at radius 3 is 2.52 bits per heavy atom. The lowest BCUT2D eigenvalue weighted by Gasteiger charge is -2.29. The van der Waals surface area contributed by atoms with E-state index in [1.54, 1.807) is 0 Å². The van der Waals surface area contributed by atoms with E-state index in [1.165, 1.54) is 31.4 Å². The van der Waals surface area contributed by atoms with E-state index in [1.807, 2.05) is 30.8 Å². The molecule has 4 nitrogen and oxygen atoms in total. The Morgan fingerprint density at radius 1 is 1.22 bits per heavy atom. The molecule has 1 aromatic carbocycles. The van der Waals surface area contributed by atoms with E-state index in [-0.39, 0.29) is 11.2 Å². The Kier molecular flexibility index (Phi) is 5.84. The van der Waals surface area contributed by atoms with Crippen LogP contribution in [0.3, 0.4) is 0 Å². The lowest BCUT2D eigenvalue weighted by molar-refractivity contribution is -0.115. The maximum Gasteiger partial charge on any atom is 0.237 e. The molecule has 1 heterocycles. The van der Waals surface area contributed by atoms with E-state index in [0.29, 0.717) is 5.25 Å². The monoisotopic (exact) mass is 334 g/mol. The predicted octanol–water partition coefficient (Wildman–Crippen LogP) is 3.53. The van der Waals surface area contributed by atoms with Crippen LogP contribution in [0.4, 0.5) is 11.4 Å². The van der Waals surface area contributed by atoms with Gasteiger partial charge in [0.15, 0.2) is 0 Å². The molecule has 5 heteroatoms. The summed E-state index contributed by atoms with van der Waals surface area (Å²) in [6.45, 7) is 5.45. The van der Waals surface area contributed by atoms with E-state index in [9.17, 15) is 4.79 Å². The first kappa shape index (κ1) is 16.7. The number of hydrogen-bond acceptors (Lipinski definition) is 4. The molecule has 1 aliphatic carbocycles. The van der Waals surface area contributed by atoms with Gasteiger partial charge in [0.05, 0.1) is 18.5 Å². The zero-order chi connectivity index (χ0) is 16.1. The summed E-state index contributed by atoms with van der Waals surface area (Å²) >= 11 is 1.83. The third kappa shape index (κ3) is 4.64. The molecule has 0 unspecified atom stereocenters. The molecule has 0 aromatic heterocycles. The second-order valence-corrected chi connectivity index (χ2v) is 7.97. The van der Waals surface area contributed by atoms with Crippen LogP contribution in [-0.4, -0.2) is 42.7 Å². The van der Waals surface area contributed by atoms with Gasteiger partial charge in [-0.15, -0.1) is 11.8 Å². The summed E-state index contributed by atoms with van der Waals surface area (Å²) in [7, 11) is 0. The van der Waals surface area contributed by atoms with Gasteiger partial charge in [0.1, 0.15) is 0 Å². The van der Waals surface area contributed by atoms with Crippen molar-refractivity contribution in [1.29, 1.82) is 0 Å². The van der Waals surface area contributed by atoms with E-state index < -0.39 is 0 Å². The van der Waals surface area contributed by atoms with Crippen LogP contribution in [0.2, 0.25) is 0 Å². The Bertz CT molecular complexity index is 508. The molecule has 2 aliphatic rings. The van der Waals surface area contributed by atoms with Crippen LogP contribution < -0.4 is 10.2 Å². The topological polar surface area (TPSA) is 41.6 Å². The molecule has 0 bridgehead atoms. The minimum atomic E-state index is 0.0111. The Morgan fingerprint density at radius 2 is 1.87 bits per heavy atom. The summed E-state index contributed by atoms with van der Waals surface area (Å²) < 4.78 is 5.38. The number of amides is 1. The molecular formula is C18H26N2O2S. The Balaban J connectivity index is 1.51. The molecule has 126 valence electrons. The van der Waals surface area contributed by atoms with E-state index in [0.717, 1.165) is 32.0 Å². The lowest BCUT2D eigenvalue weighted by Crippen LogP contribution is -2.36. The molecule has 0 radical (unpaired) electrons. The number of benzene rings is 1. The minimum absolute atomic E-state index is 0.0111. The Labute approximate surface area is 143 Å². The molecule has 1 amide bonds. The summed E-state index contributed by atoms with van der Waals surface area (Å²) in [5.41, 5.74) is 2.07. The first-order valence-electron chi connectivity index (χ1n) is 8.61. The van der Waals surface area contributed by atoms with Crippen molar-refractivity contribution in [2.75, 3.05) is 36.5 Å². The molecule has 0 spiro atoms. The van der Waals surface area contributed by atoms with Crippen LogP contribution >= 0.6 is 11.8 Å². The average Bonchev–Trinajstić information content (AvgIpc) is 3.09. The number of ether oxygens (including phenoxy) is 1. The first-order valence-corrected chi connectivity index (χ1v) is 9.56. The summed E-state index contributed by atoms with van der Waals surface area (Å²) in [5, 5.41) is 3.72. The van der Waals surface area contributed by atoms with Crippen molar-refractivity contribution in [3.63, 3.8) is 0 Å².